The Labute approximate surface area is 183 Å². The summed E-state index contributed by atoms with van der Waals surface area (Å²) >= 11 is 1.32. The van der Waals surface area contributed by atoms with Crippen molar-refractivity contribution in [1.29, 1.82) is 0 Å². The standard InChI is InChI=1S/C24H19FN2O3S/c1-30-19-9-5-8-18(13-19)27-22(28)15-31-24(27)20-10-2-3-11-21(20)26(23(24)29)14-16-6-4-7-17(25)12-16/h2-13H,14-15H2,1H3. The van der Waals surface area contributed by atoms with E-state index in [4.69, 9.17) is 4.74 Å². The Hall–Kier alpha value is -3.32. The summed E-state index contributed by atoms with van der Waals surface area (Å²) in [5.41, 5.74) is 2.77. The highest BCUT2D eigenvalue weighted by Crippen LogP contribution is 2.56. The number of hydrogen-bond donors (Lipinski definition) is 0. The second-order valence-corrected chi connectivity index (χ2v) is 8.57. The van der Waals surface area contributed by atoms with Gasteiger partial charge in [-0.1, -0.05) is 36.4 Å². The summed E-state index contributed by atoms with van der Waals surface area (Å²) in [5, 5.41) is 0. The van der Waals surface area contributed by atoms with Crippen molar-refractivity contribution in [2.24, 2.45) is 0 Å². The molecule has 7 heteroatoms. The molecule has 1 spiro atoms. The van der Waals surface area contributed by atoms with Gasteiger partial charge >= 0.3 is 0 Å². The number of ether oxygens (including phenoxy) is 1. The lowest BCUT2D eigenvalue weighted by atomic mass is 10.0. The van der Waals surface area contributed by atoms with E-state index in [2.05, 4.69) is 0 Å². The van der Waals surface area contributed by atoms with Gasteiger partial charge < -0.3 is 9.64 Å². The fourth-order valence-corrected chi connectivity index (χ4v) is 5.64. The lowest BCUT2D eigenvalue weighted by Gasteiger charge is -2.33. The van der Waals surface area contributed by atoms with Crippen molar-refractivity contribution in [1.82, 2.24) is 0 Å². The third-order valence-electron chi connectivity index (χ3n) is 5.61. The summed E-state index contributed by atoms with van der Waals surface area (Å²) in [4.78, 5) is 29.0. The van der Waals surface area contributed by atoms with Crippen LogP contribution < -0.4 is 14.5 Å². The maximum atomic E-state index is 13.9. The maximum Gasteiger partial charge on any atom is 0.269 e. The van der Waals surface area contributed by atoms with Crippen molar-refractivity contribution in [3.63, 3.8) is 0 Å². The van der Waals surface area contributed by atoms with Gasteiger partial charge in [-0.2, -0.15) is 0 Å². The molecular weight excluding hydrogens is 415 g/mol. The summed E-state index contributed by atoms with van der Waals surface area (Å²) in [6, 6.07) is 20.9. The van der Waals surface area contributed by atoms with Gasteiger partial charge in [0.1, 0.15) is 11.6 Å². The third-order valence-corrected chi connectivity index (χ3v) is 6.99. The van der Waals surface area contributed by atoms with Gasteiger partial charge in [0.25, 0.3) is 5.91 Å². The van der Waals surface area contributed by atoms with E-state index in [0.29, 0.717) is 17.0 Å². The Morgan fingerprint density at radius 3 is 2.65 bits per heavy atom. The van der Waals surface area contributed by atoms with Crippen molar-refractivity contribution in [3.05, 3.63) is 89.7 Å². The Balaban J connectivity index is 1.64. The van der Waals surface area contributed by atoms with Crippen molar-refractivity contribution >= 4 is 35.0 Å². The smallest absolute Gasteiger partial charge is 0.269 e. The number of rotatable bonds is 4. The molecule has 1 unspecified atom stereocenters. The average molecular weight is 434 g/mol. The van der Waals surface area contributed by atoms with Gasteiger partial charge in [-0.05, 0) is 35.9 Å². The SMILES string of the molecule is COc1cccc(N2C(=O)CSC23C(=O)N(Cc2cccc(F)c2)c2ccccc23)c1. The molecule has 0 saturated carbocycles. The number of benzene rings is 3. The van der Waals surface area contributed by atoms with Crippen LogP contribution in [0.15, 0.2) is 72.8 Å². The number of amides is 2. The van der Waals surface area contributed by atoms with Crippen LogP contribution in [0.3, 0.4) is 0 Å². The molecule has 1 saturated heterocycles. The number of halogens is 1. The molecule has 156 valence electrons. The van der Waals surface area contributed by atoms with E-state index in [1.165, 1.54) is 23.9 Å². The van der Waals surface area contributed by atoms with Crippen LogP contribution in [0, 0.1) is 5.82 Å². The minimum atomic E-state index is -1.20. The molecule has 31 heavy (non-hydrogen) atoms. The van der Waals surface area contributed by atoms with E-state index in [0.717, 1.165) is 11.3 Å². The number of carbonyl (C=O) groups is 2. The molecule has 0 radical (unpaired) electrons. The number of fused-ring (bicyclic) bond motifs is 2. The molecule has 2 aliphatic rings. The monoisotopic (exact) mass is 434 g/mol. The van der Waals surface area contributed by atoms with Crippen LogP contribution >= 0.6 is 11.8 Å². The lowest BCUT2D eigenvalue weighted by Crippen LogP contribution is -2.49. The second kappa shape index (κ2) is 7.42. The first-order valence-electron chi connectivity index (χ1n) is 9.81. The molecular formula is C24H19FN2O3S. The number of thioether (sulfide) groups is 1. The molecule has 2 amide bonds. The molecule has 3 aromatic carbocycles. The van der Waals surface area contributed by atoms with E-state index in [9.17, 15) is 14.0 Å². The minimum Gasteiger partial charge on any atom is -0.497 e. The highest BCUT2D eigenvalue weighted by atomic mass is 32.2. The predicted molar refractivity (Wildman–Crippen MR) is 119 cm³/mol. The molecule has 0 aromatic heterocycles. The van der Waals surface area contributed by atoms with Crippen LogP contribution in [0.5, 0.6) is 5.75 Å². The van der Waals surface area contributed by atoms with Crippen LogP contribution in [0.2, 0.25) is 0 Å². The summed E-state index contributed by atoms with van der Waals surface area (Å²) in [5.74, 6) is 0.0827. The Morgan fingerprint density at radius 2 is 1.84 bits per heavy atom. The van der Waals surface area contributed by atoms with E-state index < -0.39 is 4.87 Å². The first-order chi connectivity index (χ1) is 15.0. The van der Waals surface area contributed by atoms with E-state index in [1.807, 2.05) is 24.3 Å². The van der Waals surface area contributed by atoms with Gasteiger partial charge in [-0.25, -0.2) is 4.39 Å². The number of anilines is 2. The quantitative estimate of drug-likeness (QED) is 0.614. The van der Waals surface area contributed by atoms with E-state index in [-0.39, 0.29) is 29.9 Å². The average Bonchev–Trinajstić information content (AvgIpc) is 3.25. The number of hydrogen-bond acceptors (Lipinski definition) is 4. The molecule has 0 N–H and O–H groups in total. The van der Waals surface area contributed by atoms with Crippen molar-refractivity contribution in [3.8, 4) is 5.75 Å². The fourth-order valence-electron chi connectivity index (χ4n) is 4.28. The number of nitrogens with zero attached hydrogens (tertiary/aromatic N) is 2. The molecule has 5 nitrogen and oxygen atoms in total. The summed E-state index contributed by atoms with van der Waals surface area (Å²) in [6.45, 7) is 0.218. The molecule has 2 heterocycles. The normalized spacial score (nSPS) is 19.9. The van der Waals surface area contributed by atoms with Gasteiger partial charge in [0, 0.05) is 17.3 Å². The first kappa shape index (κ1) is 19.6. The van der Waals surface area contributed by atoms with Gasteiger partial charge in [0.2, 0.25) is 10.8 Å². The predicted octanol–water partition coefficient (Wildman–Crippen LogP) is 4.31. The molecule has 5 rings (SSSR count). The molecule has 1 fully saturated rings. The van der Waals surface area contributed by atoms with Crippen LogP contribution in [0.4, 0.5) is 15.8 Å². The molecule has 0 bridgehead atoms. The molecule has 3 aromatic rings. The van der Waals surface area contributed by atoms with Gasteiger partial charge in [0.05, 0.1) is 25.1 Å². The van der Waals surface area contributed by atoms with Crippen LogP contribution in [-0.4, -0.2) is 24.7 Å². The summed E-state index contributed by atoms with van der Waals surface area (Å²) in [6.07, 6.45) is 0. The second-order valence-electron chi connectivity index (χ2n) is 7.40. The zero-order valence-corrected chi connectivity index (χ0v) is 17.6. The number of carbonyl (C=O) groups excluding carboxylic acids is 2. The Kier molecular flexibility index (Phi) is 4.70. The number of methoxy groups -OCH3 is 1. The van der Waals surface area contributed by atoms with Gasteiger partial charge in [-0.15, -0.1) is 11.8 Å². The third kappa shape index (κ3) is 2.99. The zero-order chi connectivity index (χ0) is 21.6. The van der Waals surface area contributed by atoms with Crippen LogP contribution in [-0.2, 0) is 21.0 Å². The largest absolute Gasteiger partial charge is 0.497 e. The highest BCUT2D eigenvalue weighted by molar-refractivity contribution is 8.02. The van der Waals surface area contributed by atoms with Crippen LogP contribution in [0.25, 0.3) is 0 Å². The summed E-state index contributed by atoms with van der Waals surface area (Å²) in [7, 11) is 1.56. The van der Waals surface area contributed by atoms with E-state index in [1.54, 1.807) is 53.3 Å². The molecule has 0 aliphatic carbocycles. The number of para-hydroxylation sites is 1. The summed E-state index contributed by atoms with van der Waals surface area (Å²) < 4.78 is 19.1. The zero-order valence-electron chi connectivity index (χ0n) is 16.7. The van der Waals surface area contributed by atoms with Gasteiger partial charge in [-0.3, -0.25) is 14.5 Å². The van der Waals surface area contributed by atoms with Crippen molar-refractivity contribution in [2.45, 2.75) is 11.4 Å². The van der Waals surface area contributed by atoms with Crippen molar-refractivity contribution in [2.75, 3.05) is 22.7 Å². The highest BCUT2D eigenvalue weighted by Gasteiger charge is 2.60. The topological polar surface area (TPSA) is 49.9 Å². The molecule has 1 atom stereocenters. The Bertz CT molecular complexity index is 1200. The Morgan fingerprint density at radius 1 is 1.03 bits per heavy atom. The van der Waals surface area contributed by atoms with E-state index >= 15 is 0 Å². The lowest BCUT2D eigenvalue weighted by molar-refractivity contribution is -0.123. The fraction of sp³-hybridized carbons (Fsp3) is 0.167. The molecule has 2 aliphatic heterocycles. The van der Waals surface area contributed by atoms with Gasteiger partial charge in [0.15, 0.2) is 0 Å². The maximum absolute atomic E-state index is 13.9. The minimum absolute atomic E-state index is 0.144. The van der Waals surface area contributed by atoms with Crippen LogP contribution in [0.1, 0.15) is 11.1 Å². The first-order valence-corrected chi connectivity index (χ1v) is 10.8. The van der Waals surface area contributed by atoms with Crippen molar-refractivity contribution < 1.29 is 18.7 Å².